The molecule has 0 saturated carbocycles. The van der Waals surface area contributed by atoms with Crippen LogP contribution in [0.25, 0.3) is 0 Å². The highest BCUT2D eigenvalue weighted by atomic mass is 32.1. The van der Waals surface area contributed by atoms with Crippen LogP contribution in [0.1, 0.15) is 23.5 Å². The molecule has 2 rings (SSSR count). The molecule has 0 aliphatic rings. The van der Waals surface area contributed by atoms with Crippen molar-refractivity contribution >= 4 is 17.0 Å². The van der Waals surface area contributed by atoms with Crippen LogP contribution in [0.5, 0.6) is 0 Å². The van der Waals surface area contributed by atoms with Crippen molar-refractivity contribution in [2.24, 2.45) is 0 Å². The van der Waals surface area contributed by atoms with Gasteiger partial charge in [-0.25, -0.2) is 4.98 Å². The van der Waals surface area contributed by atoms with Gasteiger partial charge >= 0.3 is 0 Å². The van der Waals surface area contributed by atoms with Crippen molar-refractivity contribution in [1.82, 2.24) is 4.98 Å². The Bertz CT molecular complexity index is 470. The van der Waals surface area contributed by atoms with Gasteiger partial charge in [-0.3, -0.25) is 0 Å². The zero-order valence-electron chi connectivity index (χ0n) is 10.7. The molecule has 4 heteroatoms. The number of nitrogens with one attached hydrogen (secondary N) is 1. The summed E-state index contributed by atoms with van der Waals surface area (Å²) >= 11 is 1.68. The van der Waals surface area contributed by atoms with E-state index in [-0.39, 0.29) is 6.04 Å². The van der Waals surface area contributed by atoms with E-state index in [9.17, 15) is 0 Å². The molecular weight excluding hydrogens is 244 g/mol. The van der Waals surface area contributed by atoms with Crippen molar-refractivity contribution in [1.29, 1.82) is 0 Å². The SMILES string of the molecule is COCCc1ccccc1NC(C)c1nccs1. The second-order valence-electron chi connectivity index (χ2n) is 4.14. The Labute approximate surface area is 112 Å². The number of para-hydroxylation sites is 1. The van der Waals surface area contributed by atoms with E-state index in [2.05, 4.69) is 35.4 Å². The van der Waals surface area contributed by atoms with E-state index >= 15 is 0 Å². The molecule has 0 spiro atoms. The number of ether oxygens (including phenoxy) is 1. The summed E-state index contributed by atoms with van der Waals surface area (Å²) < 4.78 is 5.14. The molecule has 3 nitrogen and oxygen atoms in total. The quantitative estimate of drug-likeness (QED) is 0.865. The van der Waals surface area contributed by atoms with Crippen molar-refractivity contribution in [2.45, 2.75) is 19.4 Å². The van der Waals surface area contributed by atoms with E-state index in [0.29, 0.717) is 0 Å². The molecular formula is C14H18N2OS. The molecule has 0 aliphatic heterocycles. The molecule has 1 N–H and O–H groups in total. The minimum Gasteiger partial charge on any atom is -0.384 e. The van der Waals surface area contributed by atoms with Gasteiger partial charge in [0.25, 0.3) is 0 Å². The first-order valence-corrected chi connectivity index (χ1v) is 6.92. The van der Waals surface area contributed by atoms with Crippen LogP contribution in [0.3, 0.4) is 0 Å². The third-order valence-electron chi connectivity index (χ3n) is 2.79. The molecule has 96 valence electrons. The lowest BCUT2D eigenvalue weighted by Crippen LogP contribution is -2.09. The molecule has 0 bridgehead atoms. The Morgan fingerprint density at radius 1 is 1.39 bits per heavy atom. The Morgan fingerprint density at radius 2 is 2.22 bits per heavy atom. The lowest BCUT2D eigenvalue weighted by molar-refractivity contribution is 0.202. The summed E-state index contributed by atoms with van der Waals surface area (Å²) in [6.45, 7) is 2.87. The van der Waals surface area contributed by atoms with Crippen molar-refractivity contribution in [3.63, 3.8) is 0 Å². The minimum atomic E-state index is 0.230. The molecule has 18 heavy (non-hydrogen) atoms. The summed E-state index contributed by atoms with van der Waals surface area (Å²) in [5, 5.41) is 6.63. The third-order valence-corrected chi connectivity index (χ3v) is 3.74. The van der Waals surface area contributed by atoms with Crippen molar-refractivity contribution in [2.75, 3.05) is 19.0 Å². The smallest absolute Gasteiger partial charge is 0.115 e. The van der Waals surface area contributed by atoms with E-state index in [0.717, 1.165) is 23.7 Å². The summed E-state index contributed by atoms with van der Waals surface area (Å²) in [6.07, 6.45) is 2.76. The first-order valence-electron chi connectivity index (χ1n) is 6.04. The maximum atomic E-state index is 5.14. The van der Waals surface area contributed by atoms with Crippen LogP contribution in [0.4, 0.5) is 5.69 Å². The van der Waals surface area contributed by atoms with Crippen LogP contribution in [0.2, 0.25) is 0 Å². The van der Waals surface area contributed by atoms with Gasteiger partial charge in [-0.05, 0) is 25.0 Å². The number of anilines is 1. The molecule has 1 aromatic carbocycles. The standard InChI is InChI=1S/C14H18N2OS/c1-11(14-15-8-10-18-14)16-13-6-4-3-5-12(13)7-9-17-2/h3-6,8,10-11,16H,7,9H2,1-2H3. The predicted octanol–water partition coefficient (Wildman–Crippen LogP) is 3.51. The molecule has 1 heterocycles. The van der Waals surface area contributed by atoms with Gasteiger partial charge in [-0.2, -0.15) is 0 Å². The molecule has 1 unspecified atom stereocenters. The topological polar surface area (TPSA) is 34.1 Å². The summed E-state index contributed by atoms with van der Waals surface area (Å²) in [5.74, 6) is 0. The van der Waals surface area contributed by atoms with Crippen LogP contribution >= 0.6 is 11.3 Å². The number of nitrogens with zero attached hydrogens (tertiary/aromatic N) is 1. The van der Waals surface area contributed by atoms with Crippen molar-refractivity contribution in [3.8, 4) is 0 Å². The number of thiazole rings is 1. The normalized spacial score (nSPS) is 12.3. The van der Waals surface area contributed by atoms with Gasteiger partial charge in [-0.1, -0.05) is 18.2 Å². The van der Waals surface area contributed by atoms with Gasteiger partial charge in [0.1, 0.15) is 5.01 Å². The average molecular weight is 262 g/mol. The number of methoxy groups -OCH3 is 1. The van der Waals surface area contributed by atoms with Gasteiger partial charge in [0.15, 0.2) is 0 Å². The molecule has 0 radical (unpaired) electrons. The Kier molecular flexibility index (Phi) is 4.73. The fourth-order valence-corrected chi connectivity index (χ4v) is 2.48. The summed E-state index contributed by atoms with van der Waals surface area (Å²) in [5.41, 5.74) is 2.44. The van der Waals surface area contributed by atoms with E-state index in [1.54, 1.807) is 18.4 Å². The maximum absolute atomic E-state index is 5.14. The van der Waals surface area contributed by atoms with Crippen LogP contribution < -0.4 is 5.32 Å². The van der Waals surface area contributed by atoms with Crippen molar-refractivity contribution < 1.29 is 4.74 Å². The third kappa shape index (κ3) is 3.31. The molecule has 1 aromatic heterocycles. The highest BCUT2D eigenvalue weighted by Gasteiger charge is 2.09. The predicted molar refractivity (Wildman–Crippen MR) is 76.2 cm³/mol. The summed E-state index contributed by atoms with van der Waals surface area (Å²) in [4.78, 5) is 4.34. The molecule has 0 fully saturated rings. The van der Waals surface area contributed by atoms with Gasteiger partial charge in [0.2, 0.25) is 0 Å². The zero-order valence-corrected chi connectivity index (χ0v) is 11.5. The van der Waals surface area contributed by atoms with Crippen molar-refractivity contribution in [3.05, 3.63) is 46.4 Å². The fourth-order valence-electron chi connectivity index (χ4n) is 1.83. The van der Waals surface area contributed by atoms with E-state index in [1.807, 2.05) is 17.6 Å². The zero-order chi connectivity index (χ0) is 12.8. The fraction of sp³-hybridized carbons (Fsp3) is 0.357. The molecule has 1 atom stereocenters. The van der Waals surface area contributed by atoms with Crippen LogP contribution in [0.15, 0.2) is 35.8 Å². The highest BCUT2D eigenvalue weighted by molar-refractivity contribution is 7.09. The van der Waals surface area contributed by atoms with E-state index in [1.165, 1.54) is 5.56 Å². The average Bonchev–Trinajstić information content (AvgIpc) is 2.91. The Balaban J connectivity index is 2.08. The number of hydrogen-bond acceptors (Lipinski definition) is 4. The van der Waals surface area contributed by atoms with Gasteiger partial charge < -0.3 is 10.1 Å². The first kappa shape index (κ1) is 13.1. The highest BCUT2D eigenvalue weighted by Crippen LogP contribution is 2.23. The lowest BCUT2D eigenvalue weighted by atomic mass is 10.1. The second-order valence-corrected chi connectivity index (χ2v) is 5.06. The molecule has 0 amide bonds. The van der Waals surface area contributed by atoms with E-state index < -0.39 is 0 Å². The molecule has 0 saturated heterocycles. The lowest BCUT2D eigenvalue weighted by Gasteiger charge is -2.16. The number of hydrogen-bond donors (Lipinski definition) is 1. The number of rotatable bonds is 6. The van der Waals surface area contributed by atoms with E-state index in [4.69, 9.17) is 4.74 Å². The van der Waals surface area contributed by atoms with Crippen LogP contribution in [-0.2, 0) is 11.2 Å². The van der Waals surface area contributed by atoms with Gasteiger partial charge in [0.05, 0.1) is 12.6 Å². The Morgan fingerprint density at radius 3 is 2.94 bits per heavy atom. The molecule has 2 aromatic rings. The van der Waals surface area contributed by atoms with Gasteiger partial charge in [-0.15, -0.1) is 11.3 Å². The largest absolute Gasteiger partial charge is 0.384 e. The number of benzene rings is 1. The van der Waals surface area contributed by atoms with Crippen LogP contribution in [-0.4, -0.2) is 18.7 Å². The van der Waals surface area contributed by atoms with Crippen LogP contribution in [0, 0.1) is 0 Å². The first-order chi connectivity index (χ1) is 8.81. The minimum absolute atomic E-state index is 0.230. The Hall–Kier alpha value is -1.39. The van der Waals surface area contributed by atoms with Gasteiger partial charge in [0, 0.05) is 24.4 Å². The second kappa shape index (κ2) is 6.52. The summed E-state index contributed by atoms with van der Waals surface area (Å²) in [7, 11) is 1.73. The number of aromatic nitrogens is 1. The maximum Gasteiger partial charge on any atom is 0.115 e. The monoisotopic (exact) mass is 262 g/mol. The molecule has 0 aliphatic carbocycles. The summed E-state index contributed by atoms with van der Waals surface area (Å²) in [6, 6.07) is 8.58.